The SMILES string of the molecule is CC(C)(C)OC(=O)N(CCCO)CCCN(CCCO)C(=O)OC(C)(C)C. The zero-order valence-corrected chi connectivity index (χ0v) is 17.8. The van der Waals surface area contributed by atoms with Crippen LogP contribution in [-0.4, -0.2) is 82.8 Å². The minimum absolute atomic E-state index is 0.0141. The van der Waals surface area contributed by atoms with Crippen molar-refractivity contribution in [3.63, 3.8) is 0 Å². The van der Waals surface area contributed by atoms with Crippen molar-refractivity contribution in [2.45, 2.75) is 72.0 Å². The molecular weight excluding hydrogens is 352 g/mol. The third-order valence-corrected chi connectivity index (χ3v) is 3.33. The largest absolute Gasteiger partial charge is 0.444 e. The summed E-state index contributed by atoms with van der Waals surface area (Å²) in [6.45, 7) is 12.3. The summed E-state index contributed by atoms with van der Waals surface area (Å²) in [6, 6.07) is 0. The standard InChI is InChI=1S/C19H38N2O6/c1-18(2,3)26-16(24)20(12-8-14-22)10-7-11-21(13-9-15-23)17(25)27-19(4,5)6/h22-23H,7-15H2,1-6H3. The lowest BCUT2D eigenvalue weighted by atomic mass is 10.2. The van der Waals surface area contributed by atoms with Crippen LogP contribution in [0.5, 0.6) is 0 Å². The lowest BCUT2D eigenvalue weighted by Gasteiger charge is -2.29. The molecule has 0 rings (SSSR count). The van der Waals surface area contributed by atoms with Gasteiger partial charge in [0.1, 0.15) is 11.2 Å². The number of aliphatic hydroxyl groups excluding tert-OH is 2. The maximum Gasteiger partial charge on any atom is 0.410 e. The number of ether oxygens (including phenoxy) is 2. The molecule has 0 aliphatic heterocycles. The fraction of sp³-hybridized carbons (Fsp3) is 0.895. The molecule has 0 heterocycles. The van der Waals surface area contributed by atoms with Crippen LogP contribution < -0.4 is 0 Å². The first-order valence-electron chi connectivity index (χ1n) is 9.57. The molecule has 0 atom stereocenters. The molecule has 0 aliphatic rings. The van der Waals surface area contributed by atoms with Crippen LogP contribution in [0.2, 0.25) is 0 Å². The Hall–Kier alpha value is -1.54. The molecule has 2 N–H and O–H groups in total. The van der Waals surface area contributed by atoms with E-state index in [2.05, 4.69) is 0 Å². The van der Waals surface area contributed by atoms with Gasteiger partial charge in [-0.3, -0.25) is 0 Å². The summed E-state index contributed by atoms with van der Waals surface area (Å²) in [4.78, 5) is 27.7. The van der Waals surface area contributed by atoms with E-state index in [1.54, 1.807) is 51.3 Å². The van der Waals surface area contributed by atoms with Gasteiger partial charge in [0.05, 0.1) is 0 Å². The van der Waals surface area contributed by atoms with Crippen LogP contribution in [0, 0.1) is 0 Å². The molecule has 0 aromatic heterocycles. The monoisotopic (exact) mass is 390 g/mol. The molecule has 8 heteroatoms. The number of hydrogen-bond donors (Lipinski definition) is 2. The van der Waals surface area contributed by atoms with Gasteiger partial charge >= 0.3 is 12.2 Å². The Morgan fingerprint density at radius 3 is 1.22 bits per heavy atom. The van der Waals surface area contributed by atoms with Crippen LogP contribution in [0.25, 0.3) is 0 Å². The Morgan fingerprint density at radius 1 is 0.667 bits per heavy atom. The average molecular weight is 391 g/mol. The van der Waals surface area contributed by atoms with Crippen LogP contribution in [0.4, 0.5) is 9.59 Å². The molecular formula is C19H38N2O6. The summed E-state index contributed by atoms with van der Waals surface area (Å²) in [5.74, 6) is 0. The highest BCUT2D eigenvalue weighted by atomic mass is 16.6. The van der Waals surface area contributed by atoms with Crippen molar-refractivity contribution in [1.82, 2.24) is 9.80 Å². The molecule has 0 fully saturated rings. The Kier molecular flexibility index (Phi) is 11.3. The van der Waals surface area contributed by atoms with E-state index in [0.717, 1.165) is 0 Å². The molecule has 0 aliphatic carbocycles. The van der Waals surface area contributed by atoms with Gasteiger partial charge in [-0.1, -0.05) is 0 Å². The molecule has 0 radical (unpaired) electrons. The number of amides is 2. The van der Waals surface area contributed by atoms with E-state index in [-0.39, 0.29) is 13.2 Å². The summed E-state index contributed by atoms with van der Waals surface area (Å²) in [6.07, 6.45) is 0.583. The number of aliphatic hydroxyl groups is 2. The molecule has 0 unspecified atom stereocenters. The minimum Gasteiger partial charge on any atom is -0.444 e. The predicted molar refractivity (Wildman–Crippen MR) is 104 cm³/mol. The van der Waals surface area contributed by atoms with Gasteiger partial charge < -0.3 is 29.5 Å². The second-order valence-electron chi connectivity index (χ2n) is 8.44. The van der Waals surface area contributed by atoms with Gasteiger partial charge in [0.2, 0.25) is 0 Å². The van der Waals surface area contributed by atoms with Crippen LogP contribution >= 0.6 is 0 Å². The van der Waals surface area contributed by atoms with E-state index in [1.807, 2.05) is 0 Å². The molecule has 27 heavy (non-hydrogen) atoms. The van der Waals surface area contributed by atoms with E-state index in [9.17, 15) is 9.59 Å². The van der Waals surface area contributed by atoms with Crippen LogP contribution in [-0.2, 0) is 9.47 Å². The van der Waals surface area contributed by atoms with Gasteiger partial charge in [-0.15, -0.1) is 0 Å². The minimum atomic E-state index is -0.599. The number of carbonyl (C=O) groups excluding carboxylic acids is 2. The highest BCUT2D eigenvalue weighted by Gasteiger charge is 2.24. The van der Waals surface area contributed by atoms with Crippen LogP contribution in [0.15, 0.2) is 0 Å². The number of carbonyl (C=O) groups is 2. The third kappa shape index (κ3) is 13.3. The van der Waals surface area contributed by atoms with Gasteiger partial charge in [-0.2, -0.15) is 0 Å². The summed E-state index contributed by atoms with van der Waals surface area (Å²) < 4.78 is 10.8. The highest BCUT2D eigenvalue weighted by molar-refractivity contribution is 5.68. The Labute approximate surface area is 163 Å². The molecule has 160 valence electrons. The summed E-state index contributed by atoms with van der Waals surface area (Å²) in [5, 5.41) is 18.1. The average Bonchev–Trinajstić information content (AvgIpc) is 2.49. The van der Waals surface area contributed by atoms with Gasteiger partial charge in [-0.25, -0.2) is 9.59 Å². The molecule has 0 spiro atoms. The van der Waals surface area contributed by atoms with Crippen molar-refractivity contribution in [3.8, 4) is 0 Å². The van der Waals surface area contributed by atoms with E-state index in [0.29, 0.717) is 45.4 Å². The maximum atomic E-state index is 12.3. The third-order valence-electron chi connectivity index (χ3n) is 3.33. The van der Waals surface area contributed by atoms with E-state index >= 15 is 0 Å². The molecule has 0 saturated heterocycles. The zero-order chi connectivity index (χ0) is 21.1. The lowest BCUT2D eigenvalue weighted by Crippen LogP contribution is -2.41. The molecule has 0 aromatic carbocycles. The predicted octanol–water partition coefficient (Wildman–Crippen LogP) is 2.62. The molecule has 2 amide bonds. The van der Waals surface area contributed by atoms with Crippen molar-refractivity contribution < 1.29 is 29.3 Å². The number of rotatable bonds is 10. The fourth-order valence-corrected chi connectivity index (χ4v) is 2.22. The molecule has 0 bridgehead atoms. The van der Waals surface area contributed by atoms with Crippen molar-refractivity contribution in [3.05, 3.63) is 0 Å². The van der Waals surface area contributed by atoms with Gasteiger partial charge in [-0.05, 0) is 60.8 Å². The summed E-state index contributed by atoms with van der Waals surface area (Å²) in [7, 11) is 0. The second kappa shape index (κ2) is 12.0. The first-order valence-corrected chi connectivity index (χ1v) is 9.57. The van der Waals surface area contributed by atoms with Crippen LogP contribution in [0.3, 0.4) is 0 Å². The van der Waals surface area contributed by atoms with Crippen LogP contribution in [0.1, 0.15) is 60.8 Å². The zero-order valence-electron chi connectivity index (χ0n) is 17.8. The first kappa shape index (κ1) is 25.5. The normalized spacial score (nSPS) is 11.9. The Morgan fingerprint density at radius 2 is 0.963 bits per heavy atom. The Bertz CT molecular complexity index is 402. The van der Waals surface area contributed by atoms with Gasteiger partial charge in [0.25, 0.3) is 0 Å². The van der Waals surface area contributed by atoms with E-state index in [4.69, 9.17) is 19.7 Å². The van der Waals surface area contributed by atoms with E-state index < -0.39 is 23.4 Å². The summed E-state index contributed by atoms with van der Waals surface area (Å²) >= 11 is 0. The fourth-order valence-electron chi connectivity index (χ4n) is 2.22. The summed E-state index contributed by atoms with van der Waals surface area (Å²) in [5.41, 5.74) is -1.20. The molecule has 8 nitrogen and oxygen atoms in total. The quantitative estimate of drug-likeness (QED) is 0.595. The van der Waals surface area contributed by atoms with Crippen molar-refractivity contribution >= 4 is 12.2 Å². The molecule has 0 aromatic rings. The van der Waals surface area contributed by atoms with Crippen molar-refractivity contribution in [2.75, 3.05) is 39.4 Å². The highest BCUT2D eigenvalue weighted by Crippen LogP contribution is 2.13. The number of hydrogen-bond acceptors (Lipinski definition) is 6. The smallest absolute Gasteiger partial charge is 0.410 e. The van der Waals surface area contributed by atoms with Gasteiger partial charge in [0.15, 0.2) is 0 Å². The second-order valence-corrected chi connectivity index (χ2v) is 8.44. The van der Waals surface area contributed by atoms with Gasteiger partial charge in [0, 0.05) is 39.4 Å². The Balaban J connectivity index is 4.78. The maximum absolute atomic E-state index is 12.3. The topological polar surface area (TPSA) is 99.5 Å². The lowest BCUT2D eigenvalue weighted by molar-refractivity contribution is 0.0195. The van der Waals surface area contributed by atoms with Crippen molar-refractivity contribution in [1.29, 1.82) is 0 Å². The first-order chi connectivity index (χ1) is 12.4. The van der Waals surface area contributed by atoms with Crippen molar-refractivity contribution in [2.24, 2.45) is 0 Å². The number of nitrogens with zero attached hydrogens (tertiary/aromatic N) is 2. The van der Waals surface area contributed by atoms with E-state index in [1.165, 1.54) is 0 Å². The molecule has 0 saturated carbocycles.